The minimum Gasteiger partial charge on any atom is -0.475 e. The summed E-state index contributed by atoms with van der Waals surface area (Å²) in [6.07, 6.45) is 1.29. The van der Waals surface area contributed by atoms with Gasteiger partial charge >= 0.3 is 5.97 Å². The summed E-state index contributed by atoms with van der Waals surface area (Å²) in [7, 11) is -3.78. The number of carbonyl (C=O) groups is 1. The van der Waals surface area contributed by atoms with Crippen LogP contribution in [0.3, 0.4) is 0 Å². The predicted molar refractivity (Wildman–Crippen MR) is 71.1 cm³/mol. The summed E-state index contributed by atoms with van der Waals surface area (Å²) in [4.78, 5) is 10.6. The molecule has 3 N–H and O–H groups in total. The molecule has 0 fully saturated rings. The second-order valence-corrected chi connectivity index (χ2v) is 6.40. The maximum Gasteiger partial charge on any atom is 0.371 e. The van der Waals surface area contributed by atoms with Crippen molar-refractivity contribution in [3.05, 3.63) is 17.6 Å². The number of hydrogen-bond donors (Lipinski definition) is 3. The first-order valence-corrected chi connectivity index (χ1v) is 7.70. The molecule has 1 rings (SSSR count). The molecule has 0 saturated carbocycles. The van der Waals surface area contributed by atoms with Crippen molar-refractivity contribution in [2.45, 2.75) is 31.6 Å². The maximum absolute atomic E-state index is 12.0. The van der Waals surface area contributed by atoms with Gasteiger partial charge in [-0.2, -0.15) is 0 Å². The van der Waals surface area contributed by atoms with E-state index in [0.29, 0.717) is 12.8 Å². The van der Waals surface area contributed by atoms with E-state index in [1.165, 1.54) is 6.92 Å². The number of rotatable bonds is 8. The smallest absolute Gasteiger partial charge is 0.371 e. The van der Waals surface area contributed by atoms with Gasteiger partial charge in [0.1, 0.15) is 10.7 Å². The van der Waals surface area contributed by atoms with Gasteiger partial charge in [-0.05, 0) is 25.7 Å². The molecule has 0 amide bonds. The minimum atomic E-state index is -3.78. The first-order chi connectivity index (χ1) is 9.27. The zero-order chi connectivity index (χ0) is 15.3. The number of furan rings is 1. The monoisotopic (exact) mass is 305 g/mol. The van der Waals surface area contributed by atoms with Crippen LogP contribution in [0.4, 0.5) is 0 Å². The van der Waals surface area contributed by atoms with Crippen LogP contribution in [0.5, 0.6) is 0 Å². The number of nitrogens with one attached hydrogen (secondary N) is 1. The number of carboxylic acids is 1. The Kier molecular flexibility index (Phi) is 5.73. The molecule has 0 spiro atoms. The molecule has 0 saturated heterocycles. The normalized spacial score (nSPS) is 13.3. The second kappa shape index (κ2) is 6.87. The lowest BCUT2D eigenvalue weighted by Gasteiger charge is -2.08. The van der Waals surface area contributed by atoms with Crippen LogP contribution in [0, 0.1) is 12.8 Å². The molecule has 114 valence electrons. The predicted octanol–water partition coefficient (Wildman–Crippen LogP) is 0.973. The fourth-order valence-corrected chi connectivity index (χ4v) is 2.91. The first-order valence-electron chi connectivity index (χ1n) is 6.22. The number of aliphatic hydroxyl groups is 1. The summed E-state index contributed by atoms with van der Waals surface area (Å²) in [6.45, 7) is 3.55. The molecule has 0 aliphatic heterocycles. The van der Waals surface area contributed by atoms with Crippen LogP contribution >= 0.6 is 0 Å². The Labute approximate surface area is 117 Å². The number of hydrogen-bond acceptors (Lipinski definition) is 5. The molecule has 1 atom stereocenters. The Morgan fingerprint density at radius 1 is 1.50 bits per heavy atom. The zero-order valence-electron chi connectivity index (χ0n) is 11.4. The molecule has 1 unspecified atom stereocenters. The maximum atomic E-state index is 12.0. The molecule has 7 nitrogen and oxygen atoms in total. The lowest BCUT2D eigenvalue weighted by molar-refractivity contribution is 0.0661. The molecule has 0 aromatic carbocycles. The fraction of sp³-hybridized carbons (Fsp3) is 0.583. The Bertz CT molecular complexity index is 563. The molecule has 0 aliphatic carbocycles. The number of sulfonamides is 1. The van der Waals surface area contributed by atoms with E-state index in [4.69, 9.17) is 14.6 Å². The van der Waals surface area contributed by atoms with E-state index in [2.05, 4.69) is 4.72 Å². The van der Waals surface area contributed by atoms with Crippen LogP contribution in [-0.4, -0.2) is 37.8 Å². The third-order valence-corrected chi connectivity index (χ3v) is 4.42. The Hall–Kier alpha value is -1.38. The van der Waals surface area contributed by atoms with Crippen LogP contribution < -0.4 is 4.72 Å². The Balaban J connectivity index is 2.67. The molecule has 1 aromatic heterocycles. The highest BCUT2D eigenvalue weighted by Gasteiger charge is 2.23. The van der Waals surface area contributed by atoms with Gasteiger partial charge < -0.3 is 14.6 Å². The summed E-state index contributed by atoms with van der Waals surface area (Å²) < 4.78 is 31.2. The van der Waals surface area contributed by atoms with Crippen LogP contribution in [0.15, 0.2) is 15.4 Å². The van der Waals surface area contributed by atoms with Crippen molar-refractivity contribution in [3.63, 3.8) is 0 Å². The van der Waals surface area contributed by atoms with E-state index in [1.807, 2.05) is 6.92 Å². The Morgan fingerprint density at radius 3 is 2.65 bits per heavy atom. The number of carboxylic acid groups (broad SMARTS) is 1. The van der Waals surface area contributed by atoms with Gasteiger partial charge in [0.2, 0.25) is 15.8 Å². The third kappa shape index (κ3) is 4.32. The van der Waals surface area contributed by atoms with Gasteiger partial charge in [-0.15, -0.1) is 0 Å². The number of aryl methyl sites for hydroxylation is 1. The standard InChI is InChI=1S/C12H19NO6S/c1-8(7-14)4-3-5-13-20(17,18)11-6-10(12(15)16)19-9(11)2/h6,8,13-14H,3-5,7H2,1-2H3,(H,15,16). The largest absolute Gasteiger partial charge is 0.475 e. The number of aliphatic hydroxyl groups excluding tert-OH is 1. The average molecular weight is 305 g/mol. The van der Waals surface area contributed by atoms with E-state index in [-0.39, 0.29) is 29.7 Å². The van der Waals surface area contributed by atoms with Gasteiger partial charge in [-0.1, -0.05) is 6.92 Å². The van der Waals surface area contributed by atoms with Crippen molar-refractivity contribution >= 4 is 16.0 Å². The van der Waals surface area contributed by atoms with E-state index >= 15 is 0 Å². The molecule has 0 radical (unpaired) electrons. The van der Waals surface area contributed by atoms with Crippen LogP contribution in [0.1, 0.15) is 36.1 Å². The Morgan fingerprint density at radius 2 is 2.15 bits per heavy atom. The van der Waals surface area contributed by atoms with Crippen molar-refractivity contribution in [1.82, 2.24) is 4.72 Å². The summed E-state index contributed by atoms with van der Waals surface area (Å²) in [6, 6.07) is 0.996. The fourth-order valence-electron chi connectivity index (χ4n) is 1.66. The highest BCUT2D eigenvalue weighted by molar-refractivity contribution is 7.89. The molecular formula is C12H19NO6S. The minimum absolute atomic E-state index is 0.0404. The van der Waals surface area contributed by atoms with Crippen molar-refractivity contribution < 1.29 is 27.8 Å². The topological polar surface area (TPSA) is 117 Å². The number of aromatic carboxylic acids is 1. The van der Waals surface area contributed by atoms with Crippen molar-refractivity contribution in [2.75, 3.05) is 13.2 Å². The van der Waals surface area contributed by atoms with E-state index < -0.39 is 21.8 Å². The lowest BCUT2D eigenvalue weighted by atomic mass is 10.1. The van der Waals surface area contributed by atoms with Crippen LogP contribution in [0.25, 0.3) is 0 Å². The second-order valence-electron chi connectivity index (χ2n) is 4.66. The summed E-state index contributed by atoms with van der Waals surface area (Å²) in [5, 5.41) is 17.6. The van der Waals surface area contributed by atoms with Gasteiger partial charge in [-0.3, -0.25) is 0 Å². The van der Waals surface area contributed by atoms with E-state index in [0.717, 1.165) is 6.07 Å². The SMILES string of the molecule is Cc1oc(C(=O)O)cc1S(=O)(=O)NCCCC(C)CO. The third-order valence-electron chi connectivity index (χ3n) is 2.85. The van der Waals surface area contributed by atoms with Gasteiger partial charge in [-0.25, -0.2) is 17.9 Å². The molecular weight excluding hydrogens is 286 g/mol. The molecule has 8 heteroatoms. The van der Waals surface area contributed by atoms with Crippen LogP contribution in [-0.2, 0) is 10.0 Å². The quantitative estimate of drug-likeness (QED) is 0.616. The van der Waals surface area contributed by atoms with E-state index in [9.17, 15) is 13.2 Å². The summed E-state index contributed by atoms with van der Waals surface area (Å²) in [5.41, 5.74) is 0. The van der Waals surface area contributed by atoms with Gasteiger partial charge in [0.25, 0.3) is 0 Å². The molecule has 0 bridgehead atoms. The van der Waals surface area contributed by atoms with Crippen molar-refractivity contribution in [1.29, 1.82) is 0 Å². The van der Waals surface area contributed by atoms with Gasteiger partial charge in [0, 0.05) is 19.2 Å². The van der Waals surface area contributed by atoms with Gasteiger partial charge in [0.15, 0.2) is 0 Å². The lowest BCUT2D eigenvalue weighted by Crippen LogP contribution is -2.25. The van der Waals surface area contributed by atoms with Crippen molar-refractivity contribution in [2.24, 2.45) is 5.92 Å². The van der Waals surface area contributed by atoms with Crippen molar-refractivity contribution in [3.8, 4) is 0 Å². The molecule has 1 heterocycles. The first kappa shape index (κ1) is 16.7. The zero-order valence-corrected chi connectivity index (χ0v) is 12.2. The molecule has 1 aromatic rings. The van der Waals surface area contributed by atoms with Gasteiger partial charge in [0.05, 0.1) is 0 Å². The molecule has 20 heavy (non-hydrogen) atoms. The van der Waals surface area contributed by atoms with Crippen LogP contribution in [0.2, 0.25) is 0 Å². The average Bonchev–Trinajstić information content (AvgIpc) is 2.77. The highest BCUT2D eigenvalue weighted by atomic mass is 32.2. The van der Waals surface area contributed by atoms with E-state index in [1.54, 1.807) is 0 Å². The molecule has 0 aliphatic rings. The summed E-state index contributed by atoms with van der Waals surface area (Å²) in [5.74, 6) is -1.56. The highest BCUT2D eigenvalue weighted by Crippen LogP contribution is 2.19. The summed E-state index contributed by atoms with van der Waals surface area (Å²) >= 11 is 0.